The number of thioether (sulfide) groups is 1. The van der Waals surface area contributed by atoms with E-state index in [1.165, 1.54) is 4.90 Å². The number of carbonyl (C=O) groups is 1. The molecule has 0 aliphatic heterocycles. The Labute approximate surface area is 94.4 Å². The number of nitrogens with two attached hydrogens (primary N) is 1. The predicted molar refractivity (Wildman–Crippen MR) is 63.6 cm³/mol. The van der Waals surface area contributed by atoms with E-state index >= 15 is 0 Å². The summed E-state index contributed by atoms with van der Waals surface area (Å²) in [6.45, 7) is 3.70. The number of carbonyl (C=O) groups excluding carboxylic acids is 1. The third-order valence-electron chi connectivity index (χ3n) is 2.51. The summed E-state index contributed by atoms with van der Waals surface area (Å²) >= 11 is 1.68. The highest BCUT2D eigenvalue weighted by molar-refractivity contribution is 7.98. The number of rotatable bonds is 3. The van der Waals surface area contributed by atoms with Crippen molar-refractivity contribution < 1.29 is 4.79 Å². The van der Waals surface area contributed by atoms with Crippen LogP contribution in [-0.4, -0.2) is 12.2 Å². The van der Waals surface area contributed by atoms with Crippen LogP contribution < -0.4 is 11.3 Å². The van der Waals surface area contributed by atoms with Crippen LogP contribution in [0.2, 0.25) is 0 Å². The van der Waals surface area contributed by atoms with E-state index < -0.39 is 5.41 Å². The van der Waals surface area contributed by atoms with Gasteiger partial charge in [-0.2, -0.15) is 0 Å². The Morgan fingerprint density at radius 1 is 1.33 bits per heavy atom. The SMILES string of the molecule is CSc1ccc(C(C)(C)C(=O)NN)cc1. The third kappa shape index (κ3) is 2.52. The van der Waals surface area contributed by atoms with Crippen molar-refractivity contribution in [1.82, 2.24) is 5.43 Å². The molecule has 0 aliphatic rings. The first-order valence-corrected chi connectivity index (χ1v) is 5.90. The molecule has 1 aromatic carbocycles. The van der Waals surface area contributed by atoms with Crippen LogP contribution >= 0.6 is 11.8 Å². The van der Waals surface area contributed by atoms with Crippen molar-refractivity contribution in [3.63, 3.8) is 0 Å². The molecule has 0 unspecified atom stereocenters. The minimum absolute atomic E-state index is 0.181. The summed E-state index contributed by atoms with van der Waals surface area (Å²) in [5, 5.41) is 0. The largest absolute Gasteiger partial charge is 0.294 e. The fourth-order valence-corrected chi connectivity index (χ4v) is 1.73. The van der Waals surface area contributed by atoms with Crippen molar-refractivity contribution in [3.8, 4) is 0 Å². The van der Waals surface area contributed by atoms with E-state index in [1.54, 1.807) is 11.8 Å². The molecule has 82 valence electrons. The van der Waals surface area contributed by atoms with Gasteiger partial charge in [0.2, 0.25) is 5.91 Å². The maximum absolute atomic E-state index is 11.5. The van der Waals surface area contributed by atoms with Gasteiger partial charge < -0.3 is 0 Å². The molecule has 0 aromatic heterocycles. The first-order chi connectivity index (χ1) is 7.02. The first kappa shape index (κ1) is 12.1. The lowest BCUT2D eigenvalue weighted by atomic mass is 9.84. The van der Waals surface area contributed by atoms with E-state index in [4.69, 9.17) is 5.84 Å². The van der Waals surface area contributed by atoms with Crippen molar-refractivity contribution in [3.05, 3.63) is 29.8 Å². The van der Waals surface area contributed by atoms with Crippen LogP contribution in [0.15, 0.2) is 29.2 Å². The molecule has 1 amide bonds. The van der Waals surface area contributed by atoms with E-state index in [0.29, 0.717) is 0 Å². The molecule has 3 N–H and O–H groups in total. The number of amides is 1. The summed E-state index contributed by atoms with van der Waals surface area (Å²) in [4.78, 5) is 12.7. The van der Waals surface area contributed by atoms with Crippen molar-refractivity contribution in [2.45, 2.75) is 24.2 Å². The predicted octanol–water partition coefficient (Wildman–Crippen LogP) is 1.68. The van der Waals surface area contributed by atoms with Crippen LogP contribution in [0.3, 0.4) is 0 Å². The fraction of sp³-hybridized carbons (Fsp3) is 0.364. The summed E-state index contributed by atoms with van der Waals surface area (Å²) in [5.41, 5.74) is 2.56. The van der Waals surface area contributed by atoms with Gasteiger partial charge in [-0.1, -0.05) is 12.1 Å². The molecule has 0 saturated heterocycles. The Kier molecular flexibility index (Phi) is 3.77. The van der Waals surface area contributed by atoms with Crippen LogP contribution in [0.25, 0.3) is 0 Å². The van der Waals surface area contributed by atoms with Gasteiger partial charge in [0, 0.05) is 4.90 Å². The average Bonchev–Trinajstić information content (AvgIpc) is 2.28. The second-order valence-electron chi connectivity index (χ2n) is 3.83. The van der Waals surface area contributed by atoms with Crippen LogP contribution in [0.4, 0.5) is 0 Å². The van der Waals surface area contributed by atoms with Gasteiger partial charge in [-0.05, 0) is 37.8 Å². The molecule has 0 bridgehead atoms. The van der Waals surface area contributed by atoms with Gasteiger partial charge in [-0.15, -0.1) is 11.8 Å². The monoisotopic (exact) mass is 224 g/mol. The van der Waals surface area contributed by atoms with E-state index in [1.807, 2.05) is 44.4 Å². The minimum Gasteiger partial charge on any atom is -0.294 e. The van der Waals surface area contributed by atoms with Gasteiger partial charge in [0.05, 0.1) is 5.41 Å². The standard InChI is InChI=1S/C11H16N2OS/c1-11(2,10(14)13-12)8-4-6-9(15-3)7-5-8/h4-7H,12H2,1-3H3,(H,13,14). The van der Waals surface area contributed by atoms with Gasteiger partial charge in [0.1, 0.15) is 0 Å². The molecule has 0 fully saturated rings. The van der Waals surface area contributed by atoms with Crippen molar-refractivity contribution >= 4 is 17.7 Å². The highest BCUT2D eigenvalue weighted by Gasteiger charge is 2.28. The van der Waals surface area contributed by atoms with Gasteiger partial charge in [0.25, 0.3) is 0 Å². The third-order valence-corrected chi connectivity index (χ3v) is 3.25. The normalized spacial score (nSPS) is 11.2. The Hall–Kier alpha value is -1.00. The van der Waals surface area contributed by atoms with E-state index in [9.17, 15) is 4.79 Å². The maximum Gasteiger partial charge on any atom is 0.243 e. The summed E-state index contributed by atoms with van der Waals surface area (Å²) in [5.74, 6) is 4.97. The molecule has 0 saturated carbocycles. The van der Waals surface area contributed by atoms with Crippen LogP contribution in [0.5, 0.6) is 0 Å². The summed E-state index contributed by atoms with van der Waals surface area (Å²) in [6.07, 6.45) is 2.02. The Balaban J connectivity index is 3.00. The molecule has 0 radical (unpaired) electrons. The molecule has 15 heavy (non-hydrogen) atoms. The quantitative estimate of drug-likeness (QED) is 0.355. The topological polar surface area (TPSA) is 55.1 Å². The molecule has 1 rings (SSSR count). The second kappa shape index (κ2) is 4.68. The summed E-state index contributed by atoms with van der Waals surface area (Å²) in [7, 11) is 0. The molecule has 0 atom stereocenters. The fourth-order valence-electron chi connectivity index (χ4n) is 1.32. The zero-order valence-electron chi connectivity index (χ0n) is 9.20. The molecular formula is C11H16N2OS. The molecule has 0 aliphatic carbocycles. The first-order valence-electron chi connectivity index (χ1n) is 4.68. The lowest BCUT2D eigenvalue weighted by molar-refractivity contribution is -0.125. The van der Waals surface area contributed by atoms with Gasteiger partial charge >= 0.3 is 0 Å². The zero-order valence-corrected chi connectivity index (χ0v) is 10.0. The van der Waals surface area contributed by atoms with E-state index in [0.717, 1.165) is 5.56 Å². The average molecular weight is 224 g/mol. The second-order valence-corrected chi connectivity index (χ2v) is 4.71. The summed E-state index contributed by atoms with van der Waals surface area (Å²) in [6, 6.07) is 7.93. The smallest absolute Gasteiger partial charge is 0.243 e. The number of benzene rings is 1. The molecule has 0 spiro atoms. The van der Waals surface area contributed by atoms with Gasteiger partial charge in [-0.25, -0.2) is 5.84 Å². The number of hydrazine groups is 1. The molecule has 4 heteroatoms. The zero-order chi connectivity index (χ0) is 11.5. The van der Waals surface area contributed by atoms with Gasteiger partial charge in [0.15, 0.2) is 0 Å². The summed E-state index contributed by atoms with van der Waals surface area (Å²) < 4.78 is 0. The Morgan fingerprint density at radius 2 is 1.87 bits per heavy atom. The van der Waals surface area contributed by atoms with Gasteiger partial charge in [-0.3, -0.25) is 10.2 Å². The number of hydrogen-bond donors (Lipinski definition) is 2. The molecule has 0 heterocycles. The molecular weight excluding hydrogens is 208 g/mol. The van der Waals surface area contributed by atoms with E-state index in [-0.39, 0.29) is 5.91 Å². The maximum atomic E-state index is 11.5. The minimum atomic E-state index is -0.592. The lowest BCUT2D eigenvalue weighted by Crippen LogP contribution is -2.43. The molecule has 1 aromatic rings. The Morgan fingerprint density at radius 3 is 2.27 bits per heavy atom. The van der Waals surface area contributed by atoms with Crippen LogP contribution in [0, 0.1) is 0 Å². The molecule has 3 nitrogen and oxygen atoms in total. The Bertz CT molecular complexity index is 346. The van der Waals surface area contributed by atoms with Crippen LogP contribution in [0.1, 0.15) is 19.4 Å². The number of hydrogen-bond acceptors (Lipinski definition) is 3. The number of nitrogens with one attached hydrogen (secondary N) is 1. The highest BCUT2D eigenvalue weighted by atomic mass is 32.2. The van der Waals surface area contributed by atoms with E-state index in [2.05, 4.69) is 5.43 Å². The lowest BCUT2D eigenvalue weighted by Gasteiger charge is -2.22. The van der Waals surface area contributed by atoms with Crippen molar-refractivity contribution in [2.24, 2.45) is 5.84 Å². The van der Waals surface area contributed by atoms with Crippen LogP contribution in [-0.2, 0) is 10.2 Å². The van der Waals surface area contributed by atoms with Crippen molar-refractivity contribution in [1.29, 1.82) is 0 Å². The highest BCUT2D eigenvalue weighted by Crippen LogP contribution is 2.25. The van der Waals surface area contributed by atoms with Crippen molar-refractivity contribution in [2.75, 3.05) is 6.26 Å².